The molecule has 2 aromatic rings. The number of aromatic nitrogens is 1. The van der Waals surface area contributed by atoms with Crippen LogP contribution >= 0.6 is 23.6 Å². The molecule has 0 spiro atoms. The number of H-pyrrole nitrogens is 1. The molecule has 1 aliphatic carbocycles. The number of aromatic amines is 1. The maximum Gasteiger partial charge on any atom is 0.303 e. The van der Waals surface area contributed by atoms with Crippen molar-refractivity contribution in [1.82, 2.24) is 4.98 Å². The molecule has 1 aliphatic rings. The van der Waals surface area contributed by atoms with Gasteiger partial charge in [-0.3, -0.25) is 4.79 Å². The average molecular weight is 307 g/mol. The number of hydrogen-bond acceptors (Lipinski definition) is 4. The van der Waals surface area contributed by atoms with Gasteiger partial charge in [-0.15, -0.1) is 11.3 Å². The molecule has 3 rings (SSSR count). The molecule has 6 heteroatoms. The van der Waals surface area contributed by atoms with Crippen LogP contribution in [0.5, 0.6) is 5.75 Å². The van der Waals surface area contributed by atoms with E-state index in [2.05, 4.69) is 11.1 Å². The van der Waals surface area contributed by atoms with Crippen molar-refractivity contribution in [2.45, 2.75) is 19.3 Å². The second-order valence-electron chi connectivity index (χ2n) is 4.62. The number of fused-ring (bicyclic) bond motifs is 3. The van der Waals surface area contributed by atoms with E-state index in [9.17, 15) is 4.79 Å². The Balaban J connectivity index is 1.78. The highest BCUT2D eigenvalue weighted by Crippen LogP contribution is 2.42. The summed E-state index contributed by atoms with van der Waals surface area (Å²) in [5.41, 5.74) is 3.41. The number of benzene rings is 1. The zero-order chi connectivity index (χ0) is 14.1. The first-order valence-electron chi connectivity index (χ1n) is 6.34. The fourth-order valence-corrected chi connectivity index (χ4v) is 3.65. The lowest BCUT2D eigenvalue weighted by Crippen LogP contribution is -2.03. The van der Waals surface area contributed by atoms with Crippen LogP contribution < -0.4 is 4.74 Å². The van der Waals surface area contributed by atoms with Gasteiger partial charge in [0.15, 0.2) is 3.95 Å². The van der Waals surface area contributed by atoms with Crippen molar-refractivity contribution in [2.24, 2.45) is 0 Å². The van der Waals surface area contributed by atoms with Crippen molar-refractivity contribution < 1.29 is 14.6 Å². The van der Waals surface area contributed by atoms with Gasteiger partial charge in [-0.05, 0) is 24.7 Å². The quantitative estimate of drug-likeness (QED) is 0.558. The number of aliphatic carboxylic acids is 1. The standard InChI is InChI=1S/C14H13NO3S2/c16-12(17)5-2-6-18-10-4-1-3-8-9(10)7-11-13(8)15-14(19)20-11/h1,3-4H,2,5-7H2,(H,15,19)(H,16,17). The summed E-state index contributed by atoms with van der Waals surface area (Å²) in [5, 5.41) is 8.61. The SMILES string of the molecule is O=C(O)CCCOc1cccc2c1Cc1sc(=S)[nH]c1-2. The van der Waals surface area contributed by atoms with Crippen LogP contribution in [0, 0.1) is 3.95 Å². The van der Waals surface area contributed by atoms with Crippen molar-refractivity contribution in [1.29, 1.82) is 0 Å². The maximum atomic E-state index is 10.5. The van der Waals surface area contributed by atoms with E-state index in [1.807, 2.05) is 12.1 Å². The van der Waals surface area contributed by atoms with Crippen molar-refractivity contribution in [3.8, 4) is 17.0 Å². The van der Waals surface area contributed by atoms with Gasteiger partial charge in [0.05, 0.1) is 12.3 Å². The van der Waals surface area contributed by atoms with Gasteiger partial charge in [0.2, 0.25) is 0 Å². The number of thiazole rings is 1. The Labute approximate surface area is 125 Å². The molecule has 0 aliphatic heterocycles. The van der Waals surface area contributed by atoms with Crippen LogP contribution in [0.1, 0.15) is 23.3 Å². The van der Waals surface area contributed by atoms with Gasteiger partial charge in [-0.1, -0.05) is 12.1 Å². The zero-order valence-corrected chi connectivity index (χ0v) is 12.3. The van der Waals surface area contributed by atoms with E-state index >= 15 is 0 Å². The fraction of sp³-hybridized carbons (Fsp3) is 0.286. The third-order valence-electron chi connectivity index (χ3n) is 3.25. The zero-order valence-electron chi connectivity index (χ0n) is 10.6. The van der Waals surface area contributed by atoms with E-state index in [-0.39, 0.29) is 6.42 Å². The first-order valence-corrected chi connectivity index (χ1v) is 7.56. The Kier molecular flexibility index (Phi) is 3.58. The summed E-state index contributed by atoms with van der Waals surface area (Å²) in [6.45, 7) is 0.423. The third kappa shape index (κ3) is 2.48. The highest BCUT2D eigenvalue weighted by Gasteiger charge is 2.24. The summed E-state index contributed by atoms with van der Waals surface area (Å²) in [6.07, 6.45) is 1.48. The minimum absolute atomic E-state index is 0.134. The molecule has 104 valence electrons. The largest absolute Gasteiger partial charge is 0.493 e. The van der Waals surface area contributed by atoms with Gasteiger partial charge in [-0.25, -0.2) is 0 Å². The summed E-state index contributed by atoms with van der Waals surface area (Å²) >= 11 is 6.77. The molecule has 0 bridgehead atoms. The third-order valence-corrected chi connectivity index (χ3v) is 4.49. The molecule has 0 radical (unpaired) electrons. The lowest BCUT2D eigenvalue weighted by atomic mass is 10.1. The lowest BCUT2D eigenvalue weighted by Gasteiger charge is -2.10. The molecule has 1 aromatic carbocycles. The predicted octanol–water partition coefficient (Wildman–Crippen LogP) is 3.62. The Morgan fingerprint density at radius 2 is 2.35 bits per heavy atom. The highest BCUT2D eigenvalue weighted by molar-refractivity contribution is 7.73. The second-order valence-corrected chi connectivity index (χ2v) is 6.39. The predicted molar refractivity (Wildman–Crippen MR) is 80.1 cm³/mol. The average Bonchev–Trinajstić information content (AvgIpc) is 2.91. The topological polar surface area (TPSA) is 62.3 Å². The summed E-state index contributed by atoms with van der Waals surface area (Å²) in [5.74, 6) is 0.0530. The first-order chi connectivity index (χ1) is 9.65. The molecule has 0 fully saturated rings. The first kappa shape index (κ1) is 13.3. The van der Waals surface area contributed by atoms with Gasteiger partial charge in [0.1, 0.15) is 5.75 Å². The fourth-order valence-electron chi connectivity index (χ4n) is 2.39. The molecule has 1 aromatic heterocycles. The van der Waals surface area contributed by atoms with E-state index in [0.29, 0.717) is 13.0 Å². The van der Waals surface area contributed by atoms with Gasteiger partial charge >= 0.3 is 5.97 Å². The molecule has 0 unspecified atom stereocenters. The van der Waals surface area contributed by atoms with Crippen molar-refractivity contribution in [2.75, 3.05) is 6.61 Å². The van der Waals surface area contributed by atoms with Crippen LogP contribution in [0.15, 0.2) is 18.2 Å². The Morgan fingerprint density at radius 3 is 3.15 bits per heavy atom. The highest BCUT2D eigenvalue weighted by atomic mass is 32.1. The number of nitrogens with one attached hydrogen (secondary N) is 1. The second kappa shape index (κ2) is 5.38. The minimum atomic E-state index is -0.790. The number of ether oxygens (including phenoxy) is 1. The molecule has 4 nitrogen and oxygen atoms in total. The van der Waals surface area contributed by atoms with Crippen LogP contribution in [0.25, 0.3) is 11.3 Å². The van der Waals surface area contributed by atoms with Crippen molar-refractivity contribution in [3.63, 3.8) is 0 Å². The Bertz CT molecular complexity index is 717. The maximum absolute atomic E-state index is 10.5. The van der Waals surface area contributed by atoms with Crippen LogP contribution in [0.3, 0.4) is 0 Å². The lowest BCUT2D eigenvalue weighted by molar-refractivity contribution is -0.137. The van der Waals surface area contributed by atoms with Crippen LogP contribution in [-0.2, 0) is 11.2 Å². The smallest absolute Gasteiger partial charge is 0.303 e. The normalized spacial score (nSPS) is 12.0. The van der Waals surface area contributed by atoms with Crippen LogP contribution in [0.4, 0.5) is 0 Å². The van der Waals surface area contributed by atoms with Gasteiger partial charge in [0.25, 0.3) is 0 Å². The minimum Gasteiger partial charge on any atom is -0.493 e. The van der Waals surface area contributed by atoms with Gasteiger partial charge in [0, 0.05) is 28.8 Å². The molecule has 0 amide bonds. The van der Waals surface area contributed by atoms with E-state index in [0.717, 1.165) is 32.9 Å². The Hall–Kier alpha value is -1.66. The number of carboxylic acids is 1. The molecule has 0 atom stereocenters. The molecule has 1 heterocycles. The number of carbonyl (C=O) groups is 1. The summed E-state index contributed by atoms with van der Waals surface area (Å²) in [4.78, 5) is 14.9. The van der Waals surface area contributed by atoms with Gasteiger partial charge in [-0.2, -0.15) is 0 Å². The molecule has 20 heavy (non-hydrogen) atoms. The van der Waals surface area contributed by atoms with E-state index < -0.39 is 5.97 Å². The monoisotopic (exact) mass is 307 g/mol. The number of hydrogen-bond donors (Lipinski definition) is 2. The molecular weight excluding hydrogens is 294 g/mol. The van der Waals surface area contributed by atoms with E-state index in [1.165, 1.54) is 4.88 Å². The van der Waals surface area contributed by atoms with Crippen LogP contribution in [-0.4, -0.2) is 22.7 Å². The van der Waals surface area contributed by atoms with Crippen molar-refractivity contribution in [3.05, 3.63) is 32.6 Å². The molecular formula is C14H13NO3S2. The Morgan fingerprint density at radius 1 is 1.50 bits per heavy atom. The number of carboxylic acid groups (broad SMARTS) is 1. The summed E-state index contributed by atoms with van der Waals surface area (Å²) in [7, 11) is 0. The summed E-state index contributed by atoms with van der Waals surface area (Å²) < 4.78 is 6.53. The van der Waals surface area contributed by atoms with Crippen LogP contribution in [0.2, 0.25) is 0 Å². The molecule has 0 saturated carbocycles. The summed E-state index contributed by atoms with van der Waals surface area (Å²) in [6, 6.07) is 5.95. The molecule has 2 N–H and O–H groups in total. The molecule has 0 saturated heterocycles. The van der Waals surface area contributed by atoms with Gasteiger partial charge < -0.3 is 14.8 Å². The van der Waals surface area contributed by atoms with E-state index in [4.69, 9.17) is 22.1 Å². The van der Waals surface area contributed by atoms with E-state index in [1.54, 1.807) is 11.3 Å². The van der Waals surface area contributed by atoms with Crippen molar-refractivity contribution >= 4 is 29.5 Å². The number of rotatable bonds is 5.